The smallest absolute Gasteiger partial charge is 0.0497 e. The Morgan fingerprint density at radius 2 is 2.05 bits per heavy atom. The Labute approximate surface area is 131 Å². The van der Waals surface area contributed by atoms with Crippen LogP contribution in [0.25, 0.3) is 0 Å². The Kier molecular flexibility index (Phi) is 5.70. The molecule has 5 heteroatoms. The van der Waals surface area contributed by atoms with Crippen molar-refractivity contribution >= 4 is 23.2 Å². The molecule has 1 fully saturated rings. The third kappa shape index (κ3) is 3.46. The standard InChI is InChI=1S/C15H23Cl2N3/c1-19-8-4-5-11(19)10-20(2)14(9-18)15-12(16)6-3-7-13(15)17/h3,6-7,11,14H,4-5,8-10,18H2,1-2H3. The van der Waals surface area contributed by atoms with Gasteiger partial charge in [0.1, 0.15) is 0 Å². The van der Waals surface area contributed by atoms with Crippen molar-refractivity contribution in [3.63, 3.8) is 0 Å². The van der Waals surface area contributed by atoms with Gasteiger partial charge in [-0.25, -0.2) is 0 Å². The average molecular weight is 316 g/mol. The second-order valence-corrected chi connectivity index (χ2v) is 6.42. The second kappa shape index (κ2) is 7.10. The van der Waals surface area contributed by atoms with Gasteiger partial charge < -0.3 is 10.6 Å². The van der Waals surface area contributed by atoms with Crippen LogP contribution >= 0.6 is 23.2 Å². The highest BCUT2D eigenvalue weighted by atomic mass is 35.5. The van der Waals surface area contributed by atoms with Crippen molar-refractivity contribution in [3.05, 3.63) is 33.8 Å². The molecule has 1 aliphatic rings. The molecular formula is C15H23Cl2N3. The predicted octanol–water partition coefficient (Wildman–Crippen LogP) is 3.02. The first-order valence-electron chi connectivity index (χ1n) is 7.09. The zero-order valence-electron chi connectivity index (χ0n) is 12.1. The molecule has 2 atom stereocenters. The van der Waals surface area contributed by atoms with Gasteiger partial charge in [0.05, 0.1) is 0 Å². The minimum Gasteiger partial charge on any atom is -0.329 e. The van der Waals surface area contributed by atoms with Gasteiger partial charge in [-0.2, -0.15) is 0 Å². The third-order valence-corrected chi connectivity index (χ3v) is 4.92. The number of hydrogen-bond acceptors (Lipinski definition) is 3. The van der Waals surface area contributed by atoms with Crippen LogP contribution in [-0.4, -0.2) is 49.6 Å². The van der Waals surface area contributed by atoms with E-state index in [4.69, 9.17) is 28.9 Å². The van der Waals surface area contributed by atoms with Crippen LogP contribution in [0.3, 0.4) is 0 Å². The van der Waals surface area contributed by atoms with Crippen LogP contribution in [0.1, 0.15) is 24.4 Å². The molecule has 2 N–H and O–H groups in total. The van der Waals surface area contributed by atoms with Gasteiger partial charge >= 0.3 is 0 Å². The molecule has 0 radical (unpaired) electrons. The SMILES string of the molecule is CN1CCCC1CN(C)C(CN)c1c(Cl)cccc1Cl. The van der Waals surface area contributed by atoms with E-state index < -0.39 is 0 Å². The fourth-order valence-corrected chi connectivity index (χ4v) is 3.67. The molecule has 0 saturated carbocycles. The minimum absolute atomic E-state index is 0.0604. The Morgan fingerprint density at radius 3 is 2.55 bits per heavy atom. The average Bonchev–Trinajstić information content (AvgIpc) is 2.79. The van der Waals surface area contributed by atoms with Crippen molar-refractivity contribution in [2.45, 2.75) is 24.9 Å². The molecule has 0 aromatic heterocycles. The summed E-state index contributed by atoms with van der Waals surface area (Å²) in [4.78, 5) is 4.69. The van der Waals surface area contributed by atoms with E-state index in [0.29, 0.717) is 22.6 Å². The lowest BCUT2D eigenvalue weighted by Gasteiger charge is -2.32. The maximum Gasteiger partial charge on any atom is 0.0497 e. The third-order valence-electron chi connectivity index (χ3n) is 4.26. The van der Waals surface area contributed by atoms with Crippen LogP contribution in [0.4, 0.5) is 0 Å². The molecule has 1 heterocycles. The number of nitrogens with zero attached hydrogens (tertiary/aromatic N) is 2. The summed E-state index contributed by atoms with van der Waals surface area (Å²) in [6.45, 7) is 2.68. The van der Waals surface area contributed by atoms with Crippen molar-refractivity contribution in [2.24, 2.45) is 5.73 Å². The van der Waals surface area contributed by atoms with Crippen molar-refractivity contribution < 1.29 is 0 Å². The summed E-state index contributed by atoms with van der Waals surface area (Å²) in [6, 6.07) is 6.27. The number of likely N-dealkylation sites (N-methyl/N-ethyl adjacent to an activating group) is 2. The van der Waals surface area contributed by atoms with E-state index >= 15 is 0 Å². The topological polar surface area (TPSA) is 32.5 Å². The van der Waals surface area contributed by atoms with E-state index in [2.05, 4.69) is 23.9 Å². The zero-order valence-corrected chi connectivity index (χ0v) is 13.7. The van der Waals surface area contributed by atoms with Crippen LogP contribution in [0.5, 0.6) is 0 Å². The van der Waals surface area contributed by atoms with Crippen molar-refractivity contribution in [1.82, 2.24) is 9.80 Å². The molecule has 112 valence electrons. The van der Waals surface area contributed by atoms with Gasteiger partial charge in [-0.05, 0) is 45.6 Å². The van der Waals surface area contributed by atoms with E-state index in [9.17, 15) is 0 Å². The molecule has 0 amide bonds. The Balaban J connectivity index is 2.15. The van der Waals surface area contributed by atoms with Gasteiger partial charge in [-0.3, -0.25) is 4.90 Å². The highest BCUT2D eigenvalue weighted by Crippen LogP contribution is 2.33. The van der Waals surface area contributed by atoms with Crippen molar-refractivity contribution in [2.75, 3.05) is 33.7 Å². The molecule has 2 rings (SSSR count). The zero-order chi connectivity index (χ0) is 14.7. The molecular weight excluding hydrogens is 293 g/mol. The monoisotopic (exact) mass is 315 g/mol. The molecule has 3 nitrogen and oxygen atoms in total. The molecule has 1 aromatic carbocycles. The normalized spacial score (nSPS) is 21.6. The van der Waals surface area contributed by atoms with Crippen LogP contribution in [-0.2, 0) is 0 Å². The number of hydrogen-bond donors (Lipinski definition) is 1. The van der Waals surface area contributed by atoms with E-state index in [1.165, 1.54) is 19.4 Å². The van der Waals surface area contributed by atoms with Gasteiger partial charge in [0.25, 0.3) is 0 Å². The predicted molar refractivity (Wildman–Crippen MR) is 86.5 cm³/mol. The van der Waals surface area contributed by atoms with Crippen LogP contribution in [0.2, 0.25) is 10.0 Å². The van der Waals surface area contributed by atoms with Crippen LogP contribution in [0.15, 0.2) is 18.2 Å². The summed E-state index contributed by atoms with van der Waals surface area (Å²) < 4.78 is 0. The summed E-state index contributed by atoms with van der Waals surface area (Å²) in [5.41, 5.74) is 6.93. The van der Waals surface area contributed by atoms with E-state index in [0.717, 1.165) is 12.1 Å². The second-order valence-electron chi connectivity index (χ2n) is 5.60. The Hall–Kier alpha value is -0.320. The van der Waals surface area contributed by atoms with Crippen LogP contribution < -0.4 is 5.73 Å². The Morgan fingerprint density at radius 1 is 1.40 bits per heavy atom. The van der Waals surface area contributed by atoms with E-state index in [1.807, 2.05) is 18.2 Å². The lowest BCUT2D eigenvalue weighted by atomic mass is 10.0. The van der Waals surface area contributed by atoms with Gasteiger partial charge in [0.2, 0.25) is 0 Å². The highest BCUT2D eigenvalue weighted by Gasteiger charge is 2.27. The lowest BCUT2D eigenvalue weighted by molar-refractivity contribution is 0.180. The first kappa shape index (κ1) is 16.1. The van der Waals surface area contributed by atoms with E-state index in [-0.39, 0.29) is 6.04 Å². The first-order chi connectivity index (χ1) is 9.54. The summed E-state index contributed by atoms with van der Waals surface area (Å²) in [5.74, 6) is 0. The van der Waals surface area contributed by atoms with Crippen molar-refractivity contribution in [1.29, 1.82) is 0 Å². The molecule has 1 aliphatic heterocycles. The maximum atomic E-state index is 6.32. The first-order valence-corrected chi connectivity index (χ1v) is 7.84. The summed E-state index contributed by atoms with van der Waals surface area (Å²) >= 11 is 12.6. The summed E-state index contributed by atoms with van der Waals surface area (Å²) in [7, 11) is 4.29. The number of benzene rings is 1. The van der Waals surface area contributed by atoms with Crippen LogP contribution in [0, 0.1) is 0 Å². The molecule has 20 heavy (non-hydrogen) atoms. The molecule has 0 bridgehead atoms. The minimum atomic E-state index is 0.0604. The molecule has 1 aromatic rings. The number of rotatable bonds is 5. The fourth-order valence-electron chi connectivity index (χ4n) is 3.02. The fraction of sp³-hybridized carbons (Fsp3) is 0.600. The summed E-state index contributed by atoms with van der Waals surface area (Å²) in [5, 5.41) is 1.39. The maximum absolute atomic E-state index is 6.32. The van der Waals surface area contributed by atoms with Gasteiger partial charge in [-0.1, -0.05) is 29.3 Å². The summed E-state index contributed by atoms with van der Waals surface area (Å²) in [6.07, 6.45) is 2.52. The molecule has 1 saturated heterocycles. The molecule has 0 aliphatic carbocycles. The quantitative estimate of drug-likeness (QED) is 0.906. The Bertz CT molecular complexity index is 432. The van der Waals surface area contributed by atoms with Gasteiger partial charge in [0.15, 0.2) is 0 Å². The van der Waals surface area contributed by atoms with Gasteiger partial charge in [-0.15, -0.1) is 0 Å². The number of nitrogens with two attached hydrogens (primary N) is 1. The molecule has 0 spiro atoms. The van der Waals surface area contributed by atoms with Crippen molar-refractivity contribution in [3.8, 4) is 0 Å². The van der Waals surface area contributed by atoms with E-state index in [1.54, 1.807) is 0 Å². The molecule has 2 unspecified atom stereocenters. The van der Waals surface area contributed by atoms with Gasteiger partial charge in [0, 0.05) is 40.8 Å². The number of halogens is 2. The lowest BCUT2D eigenvalue weighted by Crippen LogP contribution is -2.40. The highest BCUT2D eigenvalue weighted by molar-refractivity contribution is 6.36. The number of likely N-dealkylation sites (tertiary alicyclic amines) is 1. The largest absolute Gasteiger partial charge is 0.329 e.